The van der Waals surface area contributed by atoms with Crippen molar-refractivity contribution in [2.75, 3.05) is 11.9 Å². The minimum atomic E-state index is -0.125. The van der Waals surface area contributed by atoms with Crippen molar-refractivity contribution >= 4 is 11.6 Å². The molecule has 2 atom stereocenters. The van der Waals surface area contributed by atoms with Gasteiger partial charge in [0.1, 0.15) is 0 Å². The normalized spacial score (nSPS) is 23.7. The summed E-state index contributed by atoms with van der Waals surface area (Å²) in [4.78, 5) is 12.1. The number of aliphatic hydroxyl groups excluding tert-OH is 1. The maximum Gasteiger partial charge on any atom is 0.241 e. The van der Waals surface area contributed by atoms with Gasteiger partial charge in [-0.3, -0.25) is 4.79 Å². The third-order valence-corrected chi connectivity index (χ3v) is 3.43. The first-order chi connectivity index (χ1) is 8.70. The van der Waals surface area contributed by atoms with Crippen LogP contribution in [0.2, 0.25) is 0 Å². The molecule has 1 fully saturated rings. The summed E-state index contributed by atoms with van der Waals surface area (Å²) in [6, 6.07) is 7.20. The lowest BCUT2D eigenvalue weighted by molar-refractivity contribution is -0.119. The Morgan fingerprint density at radius 1 is 1.50 bits per heavy atom. The summed E-state index contributed by atoms with van der Waals surface area (Å²) in [5, 5.41) is 15.3. The monoisotopic (exact) mass is 248 g/mol. The van der Waals surface area contributed by atoms with Gasteiger partial charge in [0, 0.05) is 11.3 Å². The molecule has 0 radical (unpaired) electrons. The van der Waals surface area contributed by atoms with Gasteiger partial charge in [-0.05, 0) is 31.4 Å². The van der Waals surface area contributed by atoms with E-state index in [1.54, 1.807) is 0 Å². The van der Waals surface area contributed by atoms with E-state index < -0.39 is 0 Å². The predicted molar refractivity (Wildman–Crippen MR) is 71.2 cm³/mol. The Bertz CT molecular complexity index is 420. The smallest absolute Gasteiger partial charge is 0.241 e. The van der Waals surface area contributed by atoms with Crippen molar-refractivity contribution in [2.24, 2.45) is 5.92 Å². The van der Waals surface area contributed by atoms with Gasteiger partial charge in [-0.1, -0.05) is 25.1 Å². The van der Waals surface area contributed by atoms with Gasteiger partial charge in [0.25, 0.3) is 0 Å². The van der Waals surface area contributed by atoms with E-state index in [1.807, 2.05) is 24.3 Å². The fraction of sp³-hybridized carbons (Fsp3) is 0.500. The van der Waals surface area contributed by atoms with Crippen LogP contribution in [0.5, 0.6) is 0 Å². The molecule has 3 N–H and O–H groups in total. The molecule has 0 bridgehead atoms. The number of rotatable bonds is 3. The Labute approximate surface area is 107 Å². The number of nitrogens with one attached hydrogen (secondary N) is 2. The molecule has 2 rings (SSSR count). The van der Waals surface area contributed by atoms with E-state index in [2.05, 4.69) is 17.6 Å². The number of para-hydroxylation sites is 1. The molecule has 1 aliphatic heterocycles. The molecular weight excluding hydrogens is 228 g/mol. The summed E-state index contributed by atoms with van der Waals surface area (Å²) in [6.45, 7) is 2.99. The van der Waals surface area contributed by atoms with Gasteiger partial charge in [0.05, 0.1) is 12.6 Å². The van der Waals surface area contributed by atoms with E-state index in [1.165, 1.54) is 0 Å². The summed E-state index contributed by atoms with van der Waals surface area (Å²) in [6.07, 6.45) is 1.99. The van der Waals surface area contributed by atoms with Gasteiger partial charge in [-0.25, -0.2) is 0 Å². The Balaban J connectivity index is 2.02. The summed E-state index contributed by atoms with van der Waals surface area (Å²) < 4.78 is 0. The van der Waals surface area contributed by atoms with Crippen molar-refractivity contribution in [3.05, 3.63) is 29.8 Å². The average molecular weight is 248 g/mol. The van der Waals surface area contributed by atoms with Gasteiger partial charge < -0.3 is 15.7 Å². The van der Waals surface area contributed by atoms with Crippen LogP contribution in [0.25, 0.3) is 0 Å². The molecule has 2 unspecified atom stereocenters. The largest absolute Gasteiger partial charge is 0.392 e. The lowest BCUT2D eigenvalue weighted by Gasteiger charge is -2.27. The fourth-order valence-corrected chi connectivity index (χ4v) is 2.31. The molecule has 1 heterocycles. The van der Waals surface area contributed by atoms with E-state index in [0.29, 0.717) is 11.6 Å². The maximum absolute atomic E-state index is 12.1. The molecule has 1 aromatic rings. The Morgan fingerprint density at radius 3 is 3.00 bits per heavy atom. The van der Waals surface area contributed by atoms with Crippen LogP contribution in [0.1, 0.15) is 25.3 Å². The molecule has 1 aliphatic rings. The molecule has 98 valence electrons. The molecule has 0 aromatic heterocycles. The first-order valence-electron chi connectivity index (χ1n) is 6.43. The molecular formula is C14H20N2O2. The molecule has 1 saturated heterocycles. The zero-order valence-electron chi connectivity index (χ0n) is 10.6. The zero-order chi connectivity index (χ0) is 13.0. The number of carbonyl (C=O) groups excluding carboxylic acids is 1. The molecule has 4 heteroatoms. The molecule has 1 amide bonds. The van der Waals surface area contributed by atoms with E-state index in [-0.39, 0.29) is 18.6 Å². The highest BCUT2D eigenvalue weighted by atomic mass is 16.3. The maximum atomic E-state index is 12.1. The number of amides is 1. The van der Waals surface area contributed by atoms with Crippen molar-refractivity contribution in [1.29, 1.82) is 0 Å². The second-order valence-electron chi connectivity index (χ2n) is 4.94. The quantitative estimate of drug-likeness (QED) is 0.759. The molecule has 0 spiro atoms. The summed E-state index contributed by atoms with van der Waals surface area (Å²) in [5.41, 5.74) is 1.44. The van der Waals surface area contributed by atoms with Crippen LogP contribution in [0, 0.1) is 5.92 Å². The van der Waals surface area contributed by atoms with Crippen molar-refractivity contribution < 1.29 is 9.90 Å². The van der Waals surface area contributed by atoms with Gasteiger partial charge in [0.15, 0.2) is 0 Å². The number of carbonyl (C=O) groups is 1. The highest BCUT2D eigenvalue weighted by Gasteiger charge is 2.24. The van der Waals surface area contributed by atoms with Crippen molar-refractivity contribution in [2.45, 2.75) is 32.4 Å². The molecule has 0 aliphatic carbocycles. The minimum absolute atomic E-state index is 0.0116. The second kappa shape index (κ2) is 5.98. The van der Waals surface area contributed by atoms with Crippen LogP contribution < -0.4 is 10.6 Å². The molecule has 18 heavy (non-hydrogen) atoms. The third-order valence-electron chi connectivity index (χ3n) is 3.43. The average Bonchev–Trinajstić information content (AvgIpc) is 2.39. The van der Waals surface area contributed by atoms with Crippen molar-refractivity contribution in [3.63, 3.8) is 0 Å². The molecule has 0 saturated carbocycles. The Morgan fingerprint density at radius 2 is 2.28 bits per heavy atom. The topological polar surface area (TPSA) is 61.4 Å². The summed E-state index contributed by atoms with van der Waals surface area (Å²) >= 11 is 0. The number of piperidine rings is 1. The molecule has 1 aromatic carbocycles. The number of anilines is 1. The van der Waals surface area contributed by atoms with E-state index in [4.69, 9.17) is 0 Å². The number of benzene rings is 1. The highest BCUT2D eigenvalue weighted by molar-refractivity contribution is 5.95. The van der Waals surface area contributed by atoms with Crippen molar-refractivity contribution in [3.8, 4) is 0 Å². The van der Waals surface area contributed by atoms with Gasteiger partial charge in [-0.15, -0.1) is 0 Å². The summed E-state index contributed by atoms with van der Waals surface area (Å²) in [5.74, 6) is 0.567. The predicted octanol–water partition coefficient (Wildman–Crippen LogP) is 1.51. The lowest BCUT2D eigenvalue weighted by Crippen LogP contribution is -2.45. The van der Waals surface area contributed by atoms with Gasteiger partial charge in [0.2, 0.25) is 5.91 Å². The first-order valence-corrected chi connectivity index (χ1v) is 6.43. The Kier molecular flexibility index (Phi) is 4.33. The van der Waals surface area contributed by atoms with Crippen LogP contribution in [0.4, 0.5) is 5.69 Å². The van der Waals surface area contributed by atoms with E-state index in [0.717, 1.165) is 24.9 Å². The van der Waals surface area contributed by atoms with Crippen LogP contribution in [-0.2, 0) is 11.4 Å². The Hall–Kier alpha value is -1.39. The number of hydrogen-bond donors (Lipinski definition) is 3. The van der Waals surface area contributed by atoms with Gasteiger partial charge in [-0.2, -0.15) is 0 Å². The minimum Gasteiger partial charge on any atom is -0.392 e. The van der Waals surface area contributed by atoms with Crippen LogP contribution >= 0.6 is 0 Å². The zero-order valence-corrected chi connectivity index (χ0v) is 10.6. The van der Waals surface area contributed by atoms with Crippen LogP contribution in [0.15, 0.2) is 24.3 Å². The second-order valence-corrected chi connectivity index (χ2v) is 4.94. The lowest BCUT2D eigenvalue weighted by atomic mass is 9.94. The first kappa shape index (κ1) is 13.1. The van der Waals surface area contributed by atoms with Gasteiger partial charge >= 0.3 is 0 Å². The van der Waals surface area contributed by atoms with Crippen LogP contribution in [0.3, 0.4) is 0 Å². The fourth-order valence-electron chi connectivity index (χ4n) is 2.31. The van der Waals surface area contributed by atoms with Crippen molar-refractivity contribution in [1.82, 2.24) is 5.32 Å². The van der Waals surface area contributed by atoms with E-state index >= 15 is 0 Å². The number of hydrogen-bond acceptors (Lipinski definition) is 3. The third kappa shape index (κ3) is 3.09. The standard InChI is InChI=1S/C14H20N2O2/c1-10-6-7-15-13(8-10)14(18)16-12-5-3-2-4-11(12)9-17/h2-5,10,13,15,17H,6-9H2,1H3,(H,16,18). The van der Waals surface area contributed by atoms with E-state index in [9.17, 15) is 9.90 Å². The summed E-state index contributed by atoms with van der Waals surface area (Å²) in [7, 11) is 0. The molecule has 4 nitrogen and oxygen atoms in total. The number of aliphatic hydroxyl groups is 1. The van der Waals surface area contributed by atoms with Crippen LogP contribution in [-0.4, -0.2) is 23.6 Å². The SMILES string of the molecule is CC1CCNC(C(=O)Nc2ccccc2CO)C1. The highest BCUT2D eigenvalue weighted by Crippen LogP contribution is 2.19.